The maximum absolute atomic E-state index is 5.72. The number of aromatic nitrogens is 2. The monoisotopic (exact) mass is 261 g/mol. The predicted octanol–water partition coefficient (Wildman–Crippen LogP) is 2.59. The molecule has 1 fully saturated rings. The van der Waals surface area contributed by atoms with Gasteiger partial charge >= 0.3 is 0 Å². The molecule has 1 aliphatic rings. The summed E-state index contributed by atoms with van der Waals surface area (Å²) in [5.74, 6) is 2.32. The van der Waals surface area contributed by atoms with Gasteiger partial charge in [0.05, 0.1) is 11.2 Å². The lowest BCUT2D eigenvalue weighted by Crippen LogP contribution is -2.09. The van der Waals surface area contributed by atoms with Crippen LogP contribution in [0, 0.1) is 0 Å². The zero-order chi connectivity index (χ0) is 12.6. The number of benzene rings is 1. The van der Waals surface area contributed by atoms with E-state index in [0.717, 1.165) is 36.0 Å². The normalized spacial score (nSPS) is 16.7. The van der Waals surface area contributed by atoms with Crippen molar-refractivity contribution < 1.29 is 4.52 Å². The molecule has 0 radical (unpaired) electrons. The molecule has 0 saturated heterocycles. The fraction of sp³-hybridized carbons (Fsp3) is 0.385. The molecule has 5 heteroatoms. The molecule has 0 bridgehead atoms. The molecule has 0 atom stereocenters. The zero-order valence-electron chi connectivity index (χ0n) is 10.2. The number of thioether (sulfide) groups is 1. The van der Waals surface area contributed by atoms with Gasteiger partial charge in [-0.15, -0.1) is 0 Å². The average molecular weight is 261 g/mol. The summed E-state index contributed by atoms with van der Waals surface area (Å²) in [5.41, 5.74) is 7.66. The molecule has 0 amide bonds. The molecule has 3 rings (SSSR count). The van der Waals surface area contributed by atoms with Crippen molar-refractivity contribution in [3.63, 3.8) is 0 Å². The van der Waals surface area contributed by atoms with Gasteiger partial charge in [0, 0.05) is 5.69 Å². The number of hydrogen-bond acceptors (Lipinski definition) is 5. The van der Waals surface area contributed by atoms with Crippen molar-refractivity contribution in [3.05, 3.63) is 41.5 Å². The van der Waals surface area contributed by atoms with E-state index >= 15 is 0 Å². The smallest absolute Gasteiger partial charge is 0.237 e. The molecule has 2 aromatic rings. The number of rotatable bonds is 4. The Morgan fingerprint density at radius 2 is 2.06 bits per heavy atom. The SMILES string of the molecule is CSCc1noc(C2(c3ccc(N)cc3)CC2)n1. The van der Waals surface area contributed by atoms with Crippen molar-refractivity contribution in [1.82, 2.24) is 10.1 Å². The van der Waals surface area contributed by atoms with Crippen LogP contribution in [0.15, 0.2) is 28.8 Å². The van der Waals surface area contributed by atoms with E-state index < -0.39 is 0 Å². The van der Waals surface area contributed by atoms with Crippen molar-refractivity contribution in [3.8, 4) is 0 Å². The second kappa shape index (κ2) is 4.31. The molecule has 94 valence electrons. The van der Waals surface area contributed by atoms with Crippen LogP contribution in [0.5, 0.6) is 0 Å². The van der Waals surface area contributed by atoms with Gasteiger partial charge in [-0.1, -0.05) is 17.3 Å². The van der Waals surface area contributed by atoms with Crippen LogP contribution in [-0.2, 0) is 11.2 Å². The highest BCUT2D eigenvalue weighted by Crippen LogP contribution is 2.52. The van der Waals surface area contributed by atoms with Crippen LogP contribution in [0.4, 0.5) is 5.69 Å². The summed E-state index contributed by atoms with van der Waals surface area (Å²) in [5, 5.41) is 4.02. The highest BCUT2D eigenvalue weighted by Gasteiger charge is 2.50. The summed E-state index contributed by atoms with van der Waals surface area (Å²) >= 11 is 1.70. The van der Waals surface area contributed by atoms with Gasteiger partial charge < -0.3 is 10.3 Å². The fourth-order valence-corrected chi connectivity index (χ4v) is 2.56. The van der Waals surface area contributed by atoms with Crippen LogP contribution < -0.4 is 5.73 Å². The van der Waals surface area contributed by atoms with Crippen LogP contribution in [0.25, 0.3) is 0 Å². The Hall–Kier alpha value is -1.49. The lowest BCUT2D eigenvalue weighted by atomic mass is 9.96. The Morgan fingerprint density at radius 3 is 2.67 bits per heavy atom. The molecule has 0 unspecified atom stereocenters. The second-order valence-electron chi connectivity index (χ2n) is 4.65. The first-order valence-corrected chi connectivity index (χ1v) is 7.32. The highest BCUT2D eigenvalue weighted by atomic mass is 32.2. The molecule has 2 N–H and O–H groups in total. The van der Waals surface area contributed by atoms with E-state index in [4.69, 9.17) is 10.3 Å². The molecule has 1 heterocycles. The van der Waals surface area contributed by atoms with E-state index in [1.807, 2.05) is 18.4 Å². The largest absolute Gasteiger partial charge is 0.399 e. The van der Waals surface area contributed by atoms with Crippen LogP contribution in [-0.4, -0.2) is 16.4 Å². The van der Waals surface area contributed by atoms with Gasteiger partial charge in [-0.2, -0.15) is 16.7 Å². The van der Waals surface area contributed by atoms with Crippen LogP contribution in [0.3, 0.4) is 0 Å². The Balaban J connectivity index is 1.91. The summed E-state index contributed by atoms with van der Waals surface area (Å²) in [4.78, 5) is 4.50. The van der Waals surface area contributed by atoms with Crippen molar-refractivity contribution in [2.45, 2.75) is 24.0 Å². The Bertz CT molecular complexity index is 546. The quantitative estimate of drug-likeness (QED) is 0.857. The molecular formula is C13H15N3OS. The number of nitrogens with zero attached hydrogens (tertiary/aromatic N) is 2. The molecule has 1 aliphatic carbocycles. The van der Waals surface area contributed by atoms with E-state index in [1.165, 1.54) is 5.56 Å². The van der Waals surface area contributed by atoms with Gasteiger partial charge in [0.2, 0.25) is 5.89 Å². The average Bonchev–Trinajstić information content (AvgIpc) is 3.05. The Morgan fingerprint density at radius 1 is 1.33 bits per heavy atom. The van der Waals surface area contributed by atoms with Crippen molar-refractivity contribution >= 4 is 17.4 Å². The molecule has 4 nitrogen and oxygen atoms in total. The molecule has 0 aliphatic heterocycles. The maximum Gasteiger partial charge on any atom is 0.237 e. The van der Waals surface area contributed by atoms with E-state index in [1.54, 1.807) is 11.8 Å². The third-order valence-corrected chi connectivity index (χ3v) is 3.91. The van der Waals surface area contributed by atoms with E-state index in [-0.39, 0.29) is 5.41 Å². The minimum atomic E-state index is -0.0582. The molecule has 1 aromatic carbocycles. The highest BCUT2D eigenvalue weighted by molar-refractivity contribution is 7.97. The van der Waals surface area contributed by atoms with Crippen LogP contribution >= 0.6 is 11.8 Å². The lowest BCUT2D eigenvalue weighted by molar-refractivity contribution is 0.356. The van der Waals surface area contributed by atoms with E-state index in [0.29, 0.717) is 0 Å². The minimum Gasteiger partial charge on any atom is -0.399 e. The van der Waals surface area contributed by atoms with Crippen LogP contribution in [0.1, 0.15) is 30.1 Å². The number of hydrogen-bond donors (Lipinski definition) is 1. The predicted molar refractivity (Wildman–Crippen MR) is 72.4 cm³/mol. The first-order chi connectivity index (χ1) is 8.74. The van der Waals surface area contributed by atoms with Gasteiger partial charge in [-0.25, -0.2) is 0 Å². The molecule has 1 saturated carbocycles. The van der Waals surface area contributed by atoms with Crippen molar-refractivity contribution in [2.75, 3.05) is 12.0 Å². The fourth-order valence-electron chi connectivity index (χ4n) is 2.19. The Labute approximate surface area is 110 Å². The van der Waals surface area contributed by atoms with E-state index in [9.17, 15) is 0 Å². The lowest BCUT2D eigenvalue weighted by Gasteiger charge is -2.10. The van der Waals surface area contributed by atoms with Gasteiger partial charge in [0.15, 0.2) is 5.82 Å². The number of nitrogens with two attached hydrogens (primary N) is 1. The molecule has 1 aromatic heterocycles. The molecular weight excluding hydrogens is 246 g/mol. The van der Waals surface area contributed by atoms with Crippen molar-refractivity contribution in [2.24, 2.45) is 0 Å². The third-order valence-electron chi connectivity index (χ3n) is 3.36. The number of anilines is 1. The van der Waals surface area contributed by atoms with Crippen LogP contribution in [0.2, 0.25) is 0 Å². The summed E-state index contributed by atoms with van der Waals surface area (Å²) in [6, 6.07) is 7.96. The van der Waals surface area contributed by atoms with Crippen molar-refractivity contribution in [1.29, 1.82) is 0 Å². The van der Waals surface area contributed by atoms with E-state index in [2.05, 4.69) is 22.3 Å². The zero-order valence-corrected chi connectivity index (χ0v) is 11.0. The summed E-state index contributed by atoms with van der Waals surface area (Å²) in [7, 11) is 0. The van der Waals surface area contributed by atoms with Gasteiger partial charge in [-0.05, 0) is 36.8 Å². The topological polar surface area (TPSA) is 64.9 Å². The summed E-state index contributed by atoms with van der Waals surface area (Å²) in [6.45, 7) is 0. The first kappa shape index (κ1) is 11.6. The standard InChI is InChI=1S/C13H15N3OS/c1-18-8-11-15-12(17-16-11)13(6-7-13)9-2-4-10(14)5-3-9/h2-5H,6-8,14H2,1H3. The van der Waals surface area contributed by atoms with Gasteiger partial charge in [0.1, 0.15) is 0 Å². The number of nitrogen functional groups attached to an aromatic ring is 1. The minimum absolute atomic E-state index is 0.0582. The molecule has 18 heavy (non-hydrogen) atoms. The maximum atomic E-state index is 5.72. The Kier molecular flexibility index (Phi) is 2.78. The summed E-state index contributed by atoms with van der Waals surface area (Å²) in [6.07, 6.45) is 4.17. The summed E-state index contributed by atoms with van der Waals surface area (Å²) < 4.78 is 5.42. The van der Waals surface area contributed by atoms with Gasteiger partial charge in [-0.3, -0.25) is 0 Å². The van der Waals surface area contributed by atoms with Gasteiger partial charge in [0.25, 0.3) is 0 Å². The first-order valence-electron chi connectivity index (χ1n) is 5.93. The molecule has 0 spiro atoms. The third kappa shape index (κ3) is 1.88. The second-order valence-corrected chi connectivity index (χ2v) is 5.52.